The number of hydrogen-bond acceptors (Lipinski definition) is 6. The molecule has 1 amide bonds. The molecule has 0 saturated heterocycles. The molecule has 0 aliphatic rings. The molecule has 2 heterocycles. The number of methoxy groups -OCH3 is 2. The number of aromatic nitrogens is 2. The summed E-state index contributed by atoms with van der Waals surface area (Å²) < 4.78 is 25.0. The fraction of sp³-hybridized carbons (Fsp3) is 0.235. The first kappa shape index (κ1) is 18.7. The van der Waals surface area contributed by atoms with Crippen molar-refractivity contribution in [3.63, 3.8) is 0 Å². The predicted molar refractivity (Wildman–Crippen MR) is 101 cm³/mol. The van der Waals surface area contributed by atoms with Gasteiger partial charge >= 0.3 is 0 Å². The molecule has 3 aromatic rings. The molecule has 0 atom stereocenters. The van der Waals surface area contributed by atoms with Crippen LogP contribution in [0, 0.1) is 12.7 Å². The normalized spacial score (nSPS) is 11.0. The number of fused-ring (bicyclic) bond motifs is 1. The fourth-order valence-corrected chi connectivity index (χ4v) is 3.89. The van der Waals surface area contributed by atoms with Gasteiger partial charge in [-0.2, -0.15) is 4.98 Å². The minimum atomic E-state index is -0.522. The van der Waals surface area contributed by atoms with E-state index in [1.165, 1.54) is 30.6 Å². The number of amides is 1. The van der Waals surface area contributed by atoms with Gasteiger partial charge in [0.2, 0.25) is 5.88 Å². The van der Waals surface area contributed by atoms with Crippen molar-refractivity contribution in [2.75, 3.05) is 19.5 Å². The zero-order valence-corrected chi connectivity index (χ0v) is 16.6. The summed E-state index contributed by atoms with van der Waals surface area (Å²) in [6.45, 7) is 2.02. The van der Waals surface area contributed by atoms with Crippen LogP contribution in [0.25, 0.3) is 10.2 Å². The lowest BCUT2D eigenvalue weighted by Gasteiger charge is -2.06. The first-order valence-electron chi connectivity index (χ1n) is 7.54. The highest BCUT2D eigenvalue weighted by Gasteiger charge is 2.22. The van der Waals surface area contributed by atoms with Gasteiger partial charge in [-0.25, -0.2) is 9.37 Å². The van der Waals surface area contributed by atoms with Crippen LogP contribution >= 0.6 is 27.3 Å². The van der Waals surface area contributed by atoms with Crippen molar-refractivity contribution in [1.29, 1.82) is 0 Å². The highest BCUT2D eigenvalue weighted by molar-refractivity contribution is 9.10. The second-order valence-electron chi connectivity index (χ2n) is 5.40. The Morgan fingerprint density at radius 3 is 2.77 bits per heavy atom. The smallest absolute Gasteiger partial charge is 0.266 e. The van der Waals surface area contributed by atoms with Crippen LogP contribution in [0.1, 0.15) is 21.1 Å². The van der Waals surface area contributed by atoms with Crippen LogP contribution in [0.15, 0.2) is 22.7 Å². The zero-order chi connectivity index (χ0) is 18.8. The highest BCUT2D eigenvalue weighted by atomic mass is 79.9. The van der Waals surface area contributed by atoms with Crippen LogP contribution in [-0.2, 0) is 11.3 Å². The Balaban J connectivity index is 2.01. The molecular formula is C17H15BrFN3O3S. The quantitative estimate of drug-likeness (QED) is 0.640. The lowest BCUT2D eigenvalue weighted by atomic mass is 10.2. The number of anilines is 1. The lowest BCUT2D eigenvalue weighted by molar-refractivity contribution is 0.102. The monoisotopic (exact) mass is 439 g/mol. The molecule has 1 N–H and O–H groups in total. The van der Waals surface area contributed by atoms with Crippen molar-refractivity contribution in [3.8, 4) is 5.88 Å². The summed E-state index contributed by atoms with van der Waals surface area (Å²) in [4.78, 5) is 22.4. The third-order valence-corrected chi connectivity index (χ3v) is 5.33. The second-order valence-corrected chi connectivity index (χ2v) is 7.31. The summed E-state index contributed by atoms with van der Waals surface area (Å²) in [5, 5.41) is 3.26. The van der Waals surface area contributed by atoms with E-state index in [-0.39, 0.29) is 12.3 Å². The molecule has 6 nitrogen and oxygen atoms in total. The maximum absolute atomic E-state index is 14.0. The summed E-state index contributed by atoms with van der Waals surface area (Å²) in [5.41, 5.74) is 0.786. The SMILES string of the molecule is COCc1nc(OC)c2c(C)c(C(=O)Nc3ccc(Br)cc3F)sc2n1. The molecule has 2 aromatic heterocycles. The van der Waals surface area contributed by atoms with Gasteiger partial charge < -0.3 is 14.8 Å². The number of carbonyl (C=O) groups is 1. The van der Waals surface area contributed by atoms with Gasteiger partial charge in [-0.15, -0.1) is 11.3 Å². The summed E-state index contributed by atoms with van der Waals surface area (Å²) >= 11 is 4.39. The number of nitrogens with zero attached hydrogens (tertiary/aromatic N) is 2. The summed E-state index contributed by atoms with van der Waals surface area (Å²) in [6, 6.07) is 4.44. The summed E-state index contributed by atoms with van der Waals surface area (Å²) in [7, 11) is 3.05. The number of aryl methyl sites for hydroxylation is 1. The molecule has 0 unspecified atom stereocenters. The molecule has 3 rings (SSSR count). The standard InChI is InChI=1S/C17H15BrFN3O3S/c1-8-13-16(25-3)21-12(7-24-2)22-17(13)26-14(8)15(23)20-11-5-4-9(18)6-10(11)19/h4-6H,7H2,1-3H3,(H,20,23). The van der Waals surface area contributed by atoms with E-state index in [1.807, 2.05) is 0 Å². The molecule has 0 aliphatic heterocycles. The molecule has 0 aliphatic carbocycles. The van der Waals surface area contributed by atoms with E-state index < -0.39 is 11.7 Å². The minimum absolute atomic E-state index is 0.105. The van der Waals surface area contributed by atoms with Crippen LogP contribution in [0.2, 0.25) is 0 Å². The van der Waals surface area contributed by atoms with Gasteiger partial charge in [0.05, 0.1) is 23.1 Å². The molecule has 1 aromatic carbocycles. The molecule has 0 bridgehead atoms. The van der Waals surface area contributed by atoms with Crippen molar-refractivity contribution in [2.45, 2.75) is 13.5 Å². The topological polar surface area (TPSA) is 73.3 Å². The number of ether oxygens (including phenoxy) is 2. The number of rotatable bonds is 5. The number of halogens is 2. The molecule has 0 spiro atoms. The highest BCUT2D eigenvalue weighted by Crippen LogP contribution is 2.35. The van der Waals surface area contributed by atoms with Gasteiger partial charge in [0.25, 0.3) is 5.91 Å². The Morgan fingerprint density at radius 2 is 2.12 bits per heavy atom. The van der Waals surface area contributed by atoms with Gasteiger partial charge in [-0.05, 0) is 30.7 Å². The average molecular weight is 440 g/mol. The Labute approximate surface area is 161 Å². The van der Waals surface area contributed by atoms with Gasteiger partial charge in [0.15, 0.2) is 5.82 Å². The number of hydrogen-bond donors (Lipinski definition) is 1. The number of nitrogens with one attached hydrogen (secondary N) is 1. The Morgan fingerprint density at radius 1 is 1.35 bits per heavy atom. The Bertz CT molecular complexity index is 993. The maximum atomic E-state index is 14.0. The Hall–Kier alpha value is -2.10. The predicted octanol–water partition coefficient (Wildman–Crippen LogP) is 4.31. The first-order valence-corrected chi connectivity index (χ1v) is 9.15. The van der Waals surface area contributed by atoms with Gasteiger partial charge in [0, 0.05) is 11.6 Å². The van der Waals surface area contributed by atoms with Crippen molar-refractivity contribution < 1.29 is 18.7 Å². The van der Waals surface area contributed by atoms with E-state index in [2.05, 4.69) is 31.2 Å². The van der Waals surface area contributed by atoms with Crippen LogP contribution < -0.4 is 10.1 Å². The largest absolute Gasteiger partial charge is 0.480 e. The average Bonchev–Trinajstić information content (AvgIpc) is 2.94. The van der Waals surface area contributed by atoms with Gasteiger partial charge in [-0.1, -0.05) is 15.9 Å². The van der Waals surface area contributed by atoms with E-state index in [4.69, 9.17) is 9.47 Å². The van der Waals surface area contributed by atoms with Crippen molar-refractivity contribution in [1.82, 2.24) is 9.97 Å². The number of benzene rings is 1. The molecular weight excluding hydrogens is 425 g/mol. The molecule has 0 saturated carbocycles. The van der Waals surface area contributed by atoms with Gasteiger partial charge in [-0.3, -0.25) is 4.79 Å². The minimum Gasteiger partial charge on any atom is -0.480 e. The summed E-state index contributed by atoms with van der Waals surface area (Å²) in [6.07, 6.45) is 0. The van der Waals surface area contributed by atoms with Crippen molar-refractivity contribution >= 4 is 49.1 Å². The first-order chi connectivity index (χ1) is 12.4. The van der Waals surface area contributed by atoms with E-state index in [0.717, 1.165) is 0 Å². The zero-order valence-electron chi connectivity index (χ0n) is 14.2. The third-order valence-electron chi connectivity index (χ3n) is 3.66. The van der Waals surface area contributed by atoms with Crippen LogP contribution in [-0.4, -0.2) is 30.1 Å². The third kappa shape index (κ3) is 3.55. The maximum Gasteiger partial charge on any atom is 0.266 e. The lowest BCUT2D eigenvalue weighted by Crippen LogP contribution is -2.12. The van der Waals surface area contributed by atoms with Crippen LogP contribution in [0.3, 0.4) is 0 Å². The molecule has 0 fully saturated rings. The second kappa shape index (κ2) is 7.65. The molecule has 9 heteroatoms. The molecule has 136 valence electrons. The molecule has 26 heavy (non-hydrogen) atoms. The van der Waals surface area contributed by atoms with Gasteiger partial charge in [0.1, 0.15) is 17.3 Å². The van der Waals surface area contributed by atoms with E-state index in [1.54, 1.807) is 20.1 Å². The van der Waals surface area contributed by atoms with E-state index in [9.17, 15) is 9.18 Å². The van der Waals surface area contributed by atoms with E-state index in [0.29, 0.717) is 36.8 Å². The van der Waals surface area contributed by atoms with Crippen molar-refractivity contribution in [3.05, 3.63) is 44.8 Å². The molecule has 0 radical (unpaired) electrons. The summed E-state index contributed by atoms with van der Waals surface area (Å²) in [5.74, 6) is -0.0954. The van der Waals surface area contributed by atoms with Crippen LogP contribution in [0.4, 0.5) is 10.1 Å². The van der Waals surface area contributed by atoms with E-state index >= 15 is 0 Å². The van der Waals surface area contributed by atoms with Crippen LogP contribution in [0.5, 0.6) is 5.88 Å². The fourth-order valence-electron chi connectivity index (χ4n) is 2.47. The van der Waals surface area contributed by atoms with Crippen molar-refractivity contribution in [2.24, 2.45) is 0 Å². The Kier molecular flexibility index (Phi) is 5.49. The number of carbonyl (C=O) groups excluding carboxylic acids is 1. The number of thiophene rings is 1.